The molecule has 1 aliphatic rings. The number of benzene rings is 2. The minimum atomic E-state index is 0.472. The van der Waals surface area contributed by atoms with Crippen LogP contribution in [0.3, 0.4) is 0 Å². The molecular weight excluding hydrogens is 292 g/mol. The monoisotopic (exact) mass is 316 g/mol. The molecule has 0 spiro atoms. The zero-order valence-electron chi connectivity index (χ0n) is 15.4. The largest absolute Gasteiger partial charge is 0.300 e. The van der Waals surface area contributed by atoms with Crippen molar-refractivity contribution in [1.82, 2.24) is 0 Å². The summed E-state index contributed by atoms with van der Waals surface area (Å²) in [5.74, 6) is 0.472. The first kappa shape index (κ1) is 16.4. The highest BCUT2D eigenvalue weighted by molar-refractivity contribution is 5.75. The SMILES string of the molecule is [C]=C1N(c2c(C)cc(C)cc2C)C=CN1c1c(C)cc(C)cc1C. The predicted molar refractivity (Wildman–Crippen MR) is 102 cm³/mol. The third-order valence-corrected chi connectivity index (χ3v) is 4.57. The molecule has 122 valence electrons. The van der Waals surface area contributed by atoms with Gasteiger partial charge in [0.1, 0.15) is 5.82 Å². The van der Waals surface area contributed by atoms with E-state index in [4.69, 9.17) is 6.58 Å². The first-order valence-electron chi connectivity index (χ1n) is 8.30. The van der Waals surface area contributed by atoms with E-state index in [9.17, 15) is 0 Å². The highest BCUT2D eigenvalue weighted by Gasteiger charge is 2.25. The third kappa shape index (κ3) is 2.62. The Bertz CT molecular complexity index is 743. The van der Waals surface area contributed by atoms with Crippen LogP contribution in [-0.2, 0) is 0 Å². The zero-order chi connectivity index (χ0) is 17.6. The van der Waals surface area contributed by atoms with E-state index in [1.807, 2.05) is 22.2 Å². The van der Waals surface area contributed by atoms with Gasteiger partial charge in [-0.15, -0.1) is 0 Å². The summed E-state index contributed by atoms with van der Waals surface area (Å²) in [5, 5.41) is 0. The van der Waals surface area contributed by atoms with Gasteiger partial charge < -0.3 is 9.80 Å². The maximum absolute atomic E-state index is 8.72. The molecule has 24 heavy (non-hydrogen) atoms. The van der Waals surface area contributed by atoms with E-state index in [1.165, 1.54) is 33.4 Å². The Morgan fingerprint density at radius 2 is 0.875 bits per heavy atom. The predicted octanol–water partition coefficient (Wildman–Crippen LogP) is 5.49. The van der Waals surface area contributed by atoms with E-state index in [-0.39, 0.29) is 0 Å². The molecule has 2 heteroatoms. The first-order chi connectivity index (χ1) is 11.3. The van der Waals surface area contributed by atoms with Crippen LogP contribution in [0.15, 0.2) is 42.5 Å². The van der Waals surface area contributed by atoms with Gasteiger partial charge in [-0.05, 0) is 63.8 Å². The maximum atomic E-state index is 8.72. The maximum Gasteiger partial charge on any atom is 0.130 e. The van der Waals surface area contributed by atoms with Crippen LogP contribution in [0.25, 0.3) is 0 Å². The van der Waals surface area contributed by atoms with Crippen LogP contribution in [0.1, 0.15) is 33.4 Å². The van der Waals surface area contributed by atoms with Crippen molar-refractivity contribution in [3.05, 3.63) is 82.4 Å². The molecule has 0 bridgehead atoms. The lowest BCUT2D eigenvalue weighted by Gasteiger charge is -2.28. The Morgan fingerprint density at radius 1 is 0.583 bits per heavy atom. The molecular formula is C22H24N2. The van der Waals surface area contributed by atoms with Crippen molar-refractivity contribution >= 4 is 11.4 Å². The van der Waals surface area contributed by atoms with E-state index in [2.05, 4.69) is 65.8 Å². The number of rotatable bonds is 2. The molecule has 3 rings (SSSR count). The van der Waals surface area contributed by atoms with Crippen molar-refractivity contribution in [3.63, 3.8) is 0 Å². The fourth-order valence-corrected chi connectivity index (χ4v) is 3.86. The summed E-state index contributed by atoms with van der Waals surface area (Å²) in [7, 11) is 0. The highest BCUT2D eigenvalue weighted by atomic mass is 15.4. The lowest BCUT2D eigenvalue weighted by atomic mass is 10.0. The van der Waals surface area contributed by atoms with Crippen LogP contribution in [-0.4, -0.2) is 0 Å². The molecule has 0 fully saturated rings. The second-order valence-electron chi connectivity index (χ2n) is 6.86. The Hall–Kier alpha value is -2.48. The quantitative estimate of drug-likeness (QED) is 0.723. The first-order valence-corrected chi connectivity index (χ1v) is 8.30. The molecule has 0 unspecified atom stereocenters. The van der Waals surface area contributed by atoms with Crippen molar-refractivity contribution in [2.75, 3.05) is 9.80 Å². The number of hydrogen-bond acceptors (Lipinski definition) is 2. The van der Waals surface area contributed by atoms with Crippen molar-refractivity contribution in [1.29, 1.82) is 0 Å². The van der Waals surface area contributed by atoms with Crippen molar-refractivity contribution in [2.45, 2.75) is 41.5 Å². The molecule has 1 heterocycles. The van der Waals surface area contributed by atoms with Crippen molar-refractivity contribution in [3.8, 4) is 0 Å². The summed E-state index contributed by atoms with van der Waals surface area (Å²) in [5.41, 5.74) is 9.50. The van der Waals surface area contributed by atoms with Crippen LogP contribution in [0.2, 0.25) is 0 Å². The minimum absolute atomic E-state index is 0.472. The summed E-state index contributed by atoms with van der Waals surface area (Å²) in [4.78, 5) is 3.95. The zero-order valence-corrected chi connectivity index (χ0v) is 15.4. The molecule has 0 amide bonds. The summed E-state index contributed by atoms with van der Waals surface area (Å²) in [6.07, 6.45) is 3.98. The molecule has 2 aromatic carbocycles. The lowest BCUT2D eigenvalue weighted by molar-refractivity contribution is 1.08. The van der Waals surface area contributed by atoms with E-state index in [0.717, 1.165) is 11.4 Å². The normalized spacial score (nSPS) is 14.0. The third-order valence-electron chi connectivity index (χ3n) is 4.57. The van der Waals surface area contributed by atoms with Crippen molar-refractivity contribution in [2.24, 2.45) is 0 Å². The van der Waals surface area contributed by atoms with Gasteiger partial charge in [-0.25, -0.2) is 0 Å². The van der Waals surface area contributed by atoms with Crippen LogP contribution in [0.4, 0.5) is 11.4 Å². The highest BCUT2D eigenvalue weighted by Crippen LogP contribution is 2.37. The molecule has 1 aliphatic heterocycles. The van der Waals surface area contributed by atoms with Gasteiger partial charge in [0.25, 0.3) is 0 Å². The van der Waals surface area contributed by atoms with E-state index in [1.54, 1.807) is 0 Å². The van der Waals surface area contributed by atoms with E-state index >= 15 is 0 Å². The molecule has 2 radical (unpaired) electrons. The number of hydrogen-bond donors (Lipinski definition) is 0. The van der Waals surface area contributed by atoms with Gasteiger partial charge in [0.2, 0.25) is 0 Å². The molecule has 0 saturated carbocycles. The van der Waals surface area contributed by atoms with Gasteiger partial charge in [0.15, 0.2) is 0 Å². The molecule has 0 saturated heterocycles. The van der Waals surface area contributed by atoms with Gasteiger partial charge >= 0.3 is 0 Å². The molecule has 0 aromatic heterocycles. The molecule has 2 nitrogen and oxygen atoms in total. The Labute approximate surface area is 145 Å². The number of nitrogens with zero attached hydrogens (tertiary/aromatic N) is 2. The van der Waals surface area contributed by atoms with Crippen LogP contribution in [0, 0.1) is 48.1 Å². The fourth-order valence-electron chi connectivity index (χ4n) is 3.86. The average Bonchev–Trinajstić information content (AvgIpc) is 2.79. The van der Waals surface area contributed by atoms with Crippen LogP contribution in [0.5, 0.6) is 0 Å². The second kappa shape index (κ2) is 5.86. The van der Waals surface area contributed by atoms with E-state index < -0.39 is 0 Å². The molecule has 0 N–H and O–H groups in total. The van der Waals surface area contributed by atoms with Gasteiger partial charge in [-0.1, -0.05) is 35.4 Å². The lowest BCUT2D eigenvalue weighted by Crippen LogP contribution is -2.23. The summed E-state index contributed by atoms with van der Waals surface area (Å²) < 4.78 is 0. The van der Waals surface area contributed by atoms with Crippen molar-refractivity contribution < 1.29 is 0 Å². The van der Waals surface area contributed by atoms with Crippen LogP contribution >= 0.6 is 0 Å². The van der Waals surface area contributed by atoms with E-state index in [0.29, 0.717) is 5.82 Å². The number of aryl methyl sites for hydroxylation is 6. The molecule has 0 atom stereocenters. The van der Waals surface area contributed by atoms with Crippen LogP contribution < -0.4 is 9.80 Å². The smallest absolute Gasteiger partial charge is 0.130 e. The number of anilines is 2. The Balaban J connectivity index is 2.03. The second-order valence-corrected chi connectivity index (χ2v) is 6.86. The van der Waals surface area contributed by atoms with Gasteiger partial charge in [-0.2, -0.15) is 0 Å². The Morgan fingerprint density at radius 3 is 1.17 bits per heavy atom. The summed E-state index contributed by atoms with van der Waals surface area (Å²) in [6.45, 7) is 21.4. The topological polar surface area (TPSA) is 6.48 Å². The molecule has 2 aromatic rings. The fraction of sp³-hybridized carbons (Fsp3) is 0.273. The molecule has 0 aliphatic carbocycles. The minimum Gasteiger partial charge on any atom is -0.300 e. The summed E-state index contributed by atoms with van der Waals surface area (Å²) in [6, 6.07) is 8.70. The van der Waals surface area contributed by atoms with Gasteiger partial charge in [-0.3, -0.25) is 0 Å². The van der Waals surface area contributed by atoms with Gasteiger partial charge in [0, 0.05) is 19.0 Å². The Kier molecular flexibility index (Phi) is 4.00. The summed E-state index contributed by atoms with van der Waals surface area (Å²) >= 11 is 0. The average molecular weight is 316 g/mol. The standard InChI is InChI=1S/C22H24N2/c1-14-10-16(3)21(17(4)11-14)23-8-9-24(20(23)7)22-18(5)12-15(2)13-19(22)6/h8-13H,1-6H3. The van der Waals surface area contributed by atoms with Gasteiger partial charge in [0.05, 0.1) is 11.4 Å².